The summed E-state index contributed by atoms with van der Waals surface area (Å²) in [5.41, 5.74) is 8.03. The van der Waals surface area contributed by atoms with E-state index in [4.69, 9.17) is 5.73 Å². The Morgan fingerprint density at radius 1 is 1.40 bits per heavy atom. The van der Waals surface area contributed by atoms with Crippen molar-refractivity contribution in [3.05, 3.63) is 23.8 Å². The fourth-order valence-corrected chi connectivity index (χ4v) is 2.86. The number of carbonyl (C=O) groups excluding carboxylic acids is 1. The summed E-state index contributed by atoms with van der Waals surface area (Å²) in [5, 5.41) is 12.8. The van der Waals surface area contributed by atoms with Gasteiger partial charge in [-0.05, 0) is 31.0 Å². The van der Waals surface area contributed by atoms with Gasteiger partial charge in [-0.15, -0.1) is 0 Å². The van der Waals surface area contributed by atoms with E-state index in [-0.39, 0.29) is 18.1 Å². The Morgan fingerprint density at radius 2 is 2.10 bits per heavy atom. The van der Waals surface area contributed by atoms with E-state index in [9.17, 15) is 9.90 Å². The summed E-state index contributed by atoms with van der Waals surface area (Å²) < 4.78 is 0. The van der Waals surface area contributed by atoms with Crippen molar-refractivity contribution in [2.75, 3.05) is 24.7 Å². The lowest BCUT2D eigenvalue weighted by Gasteiger charge is -2.37. The van der Waals surface area contributed by atoms with E-state index in [2.05, 4.69) is 5.32 Å². The van der Waals surface area contributed by atoms with Crippen molar-refractivity contribution in [3.8, 4) is 0 Å². The van der Waals surface area contributed by atoms with Crippen LogP contribution in [0.2, 0.25) is 0 Å². The lowest BCUT2D eigenvalue weighted by molar-refractivity contribution is 0.0963. The predicted molar refractivity (Wildman–Crippen MR) is 80.9 cm³/mol. The second kappa shape index (κ2) is 6.13. The standard InChI is InChI=1S/C15H23N3O2/c1-17-15(20)10-7-8-11(16)13(9-10)18(2)12-5-3-4-6-14(12)19/h7-9,12,14,19H,3-6,16H2,1-2H3,(H,17,20). The molecule has 1 amide bonds. The van der Waals surface area contributed by atoms with Gasteiger partial charge in [0.05, 0.1) is 23.5 Å². The van der Waals surface area contributed by atoms with Crippen molar-refractivity contribution in [1.29, 1.82) is 0 Å². The highest BCUT2D eigenvalue weighted by Crippen LogP contribution is 2.30. The fourth-order valence-electron chi connectivity index (χ4n) is 2.86. The Bertz CT molecular complexity index is 490. The quantitative estimate of drug-likeness (QED) is 0.729. The first-order valence-corrected chi connectivity index (χ1v) is 7.07. The average molecular weight is 277 g/mol. The molecule has 0 spiro atoms. The van der Waals surface area contributed by atoms with Gasteiger partial charge >= 0.3 is 0 Å². The maximum Gasteiger partial charge on any atom is 0.251 e. The number of likely N-dealkylation sites (N-methyl/N-ethyl adjacent to an activating group) is 1. The lowest BCUT2D eigenvalue weighted by Crippen LogP contribution is -2.43. The molecule has 0 aliphatic heterocycles. The number of anilines is 2. The van der Waals surface area contributed by atoms with Crippen molar-refractivity contribution in [3.63, 3.8) is 0 Å². The highest BCUT2D eigenvalue weighted by Gasteiger charge is 2.27. The Labute approximate surface area is 119 Å². The van der Waals surface area contributed by atoms with E-state index in [1.165, 1.54) is 0 Å². The number of aliphatic hydroxyl groups excluding tert-OH is 1. The van der Waals surface area contributed by atoms with Crippen molar-refractivity contribution >= 4 is 17.3 Å². The van der Waals surface area contributed by atoms with Crippen LogP contribution < -0.4 is 16.0 Å². The summed E-state index contributed by atoms with van der Waals surface area (Å²) in [4.78, 5) is 13.7. The highest BCUT2D eigenvalue weighted by atomic mass is 16.3. The molecule has 110 valence electrons. The van der Waals surface area contributed by atoms with Crippen LogP contribution in [0.5, 0.6) is 0 Å². The molecule has 2 rings (SSSR count). The smallest absolute Gasteiger partial charge is 0.251 e. The van der Waals surface area contributed by atoms with Gasteiger partial charge in [-0.25, -0.2) is 0 Å². The molecule has 2 atom stereocenters. The number of amides is 1. The molecule has 20 heavy (non-hydrogen) atoms. The summed E-state index contributed by atoms with van der Waals surface area (Å²) in [6.45, 7) is 0. The van der Waals surface area contributed by atoms with Gasteiger partial charge in [-0.2, -0.15) is 0 Å². The van der Waals surface area contributed by atoms with E-state index in [0.29, 0.717) is 11.3 Å². The third-order valence-corrected chi connectivity index (χ3v) is 4.09. The zero-order valence-electron chi connectivity index (χ0n) is 12.1. The zero-order chi connectivity index (χ0) is 14.7. The van der Waals surface area contributed by atoms with Crippen LogP contribution in [0.15, 0.2) is 18.2 Å². The van der Waals surface area contributed by atoms with E-state index >= 15 is 0 Å². The van der Waals surface area contributed by atoms with Gasteiger partial charge in [0.25, 0.3) is 5.91 Å². The van der Waals surface area contributed by atoms with Crippen molar-refractivity contribution < 1.29 is 9.90 Å². The summed E-state index contributed by atoms with van der Waals surface area (Å²) in [5.74, 6) is -0.135. The van der Waals surface area contributed by atoms with Gasteiger partial charge in [-0.3, -0.25) is 4.79 Å². The molecule has 0 saturated heterocycles. The van der Waals surface area contributed by atoms with E-state index in [0.717, 1.165) is 31.4 Å². The van der Waals surface area contributed by atoms with E-state index in [1.54, 1.807) is 25.2 Å². The van der Waals surface area contributed by atoms with Crippen molar-refractivity contribution in [2.45, 2.75) is 37.8 Å². The van der Waals surface area contributed by atoms with Crippen LogP contribution in [0, 0.1) is 0 Å². The molecular weight excluding hydrogens is 254 g/mol. The molecule has 5 nitrogen and oxygen atoms in total. The minimum absolute atomic E-state index is 0.0611. The Kier molecular flexibility index (Phi) is 4.49. The molecule has 1 fully saturated rings. The third-order valence-electron chi connectivity index (χ3n) is 4.09. The maximum absolute atomic E-state index is 11.7. The predicted octanol–water partition coefficient (Wildman–Crippen LogP) is 1.37. The van der Waals surface area contributed by atoms with Crippen LogP contribution in [0.4, 0.5) is 11.4 Å². The van der Waals surface area contributed by atoms with Gasteiger partial charge in [0, 0.05) is 19.7 Å². The van der Waals surface area contributed by atoms with E-state index < -0.39 is 0 Å². The molecule has 1 aromatic rings. The fraction of sp³-hybridized carbons (Fsp3) is 0.533. The van der Waals surface area contributed by atoms with Gasteiger partial charge in [0.2, 0.25) is 0 Å². The molecule has 1 aliphatic rings. The molecule has 1 aromatic carbocycles. The molecule has 0 aromatic heterocycles. The lowest BCUT2D eigenvalue weighted by atomic mass is 9.91. The molecular formula is C15H23N3O2. The molecule has 1 aliphatic carbocycles. The number of nitrogens with one attached hydrogen (secondary N) is 1. The Morgan fingerprint density at radius 3 is 2.75 bits per heavy atom. The van der Waals surface area contributed by atoms with Gasteiger partial charge in [0.1, 0.15) is 0 Å². The normalized spacial score (nSPS) is 22.4. The summed E-state index contributed by atoms with van der Waals surface area (Å²) in [6, 6.07) is 5.30. The third kappa shape index (κ3) is 2.88. The number of nitrogens with two attached hydrogens (primary N) is 1. The van der Waals surface area contributed by atoms with Crippen LogP contribution >= 0.6 is 0 Å². The van der Waals surface area contributed by atoms with Crippen LogP contribution in [0.25, 0.3) is 0 Å². The number of carbonyl (C=O) groups is 1. The monoisotopic (exact) mass is 277 g/mol. The van der Waals surface area contributed by atoms with Gasteiger partial charge in [0.15, 0.2) is 0 Å². The minimum atomic E-state index is -0.336. The number of nitrogen functional groups attached to an aromatic ring is 1. The summed E-state index contributed by atoms with van der Waals surface area (Å²) in [6.07, 6.45) is 3.61. The molecule has 4 N–H and O–H groups in total. The topological polar surface area (TPSA) is 78.6 Å². The molecule has 0 heterocycles. The number of nitrogens with zero attached hydrogens (tertiary/aromatic N) is 1. The number of benzene rings is 1. The molecule has 0 bridgehead atoms. The van der Waals surface area contributed by atoms with Gasteiger partial charge < -0.3 is 21.1 Å². The van der Waals surface area contributed by atoms with E-state index in [1.807, 2.05) is 11.9 Å². The number of hydrogen-bond acceptors (Lipinski definition) is 4. The average Bonchev–Trinajstić information content (AvgIpc) is 2.46. The first kappa shape index (κ1) is 14.7. The van der Waals surface area contributed by atoms with Gasteiger partial charge in [-0.1, -0.05) is 12.8 Å². The SMILES string of the molecule is CNC(=O)c1ccc(N)c(N(C)C2CCCCC2O)c1. The number of rotatable bonds is 3. The molecule has 2 unspecified atom stereocenters. The number of hydrogen-bond donors (Lipinski definition) is 3. The Balaban J connectivity index is 2.28. The van der Waals surface area contributed by atoms with Crippen LogP contribution in [0.1, 0.15) is 36.0 Å². The zero-order valence-corrected chi connectivity index (χ0v) is 12.1. The number of aliphatic hydroxyl groups is 1. The summed E-state index contributed by atoms with van der Waals surface area (Å²) in [7, 11) is 3.53. The minimum Gasteiger partial charge on any atom is -0.397 e. The first-order chi connectivity index (χ1) is 9.54. The Hall–Kier alpha value is -1.75. The second-order valence-corrected chi connectivity index (χ2v) is 5.38. The largest absolute Gasteiger partial charge is 0.397 e. The van der Waals surface area contributed by atoms with Crippen molar-refractivity contribution in [1.82, 2.24) is 5.32 Å². The maximum atomic E-state index is 11.7. The molecule has 5 heteroatoms. The first-order valence-electron chi connectivity index (χ1n) is 7.07. The van der Waals surface area contributed by atoms with Crippen molar-refractivity contribution in [2.24, 2.45) is 0 Å². The highest BCUT2D eigenvalue weighted by molar-refractivity contribution is 5.96. The van der Waals surface area contributed by atoms with Crippen LogP contribution in [-0.4, -0.2) is 37.3 Å². The molecule has 0 radical (unpaired) electrons. The van der Waals surface area contributed by atoms with Crippen LogP contribution in [-0.2, 0) is 0 Å². The molecule has 1 saturated carbocycles. The van der Waals surface area contributed by atoms with Crippen LogP contribution in [0.3, 0.4) is 0 Å². The summed E-state index contributed by atoms with van der Waals surface area (Å²) >= 11 is 0. The second-order valence-electron chi connectivity index (χ2n) is 5.38.